The minimum atomic E-state index is -0.634. The van der Waals surface area contributed by atoms with E-state index in [9.17, 15) is 9.59 Å². The smallest absolute Gasteiger partial charge is 0.221 e. The van der Waals surface area contributed by atoms with Crippen molar-refractivity contribution in [3.63, 3.8) is 0 Å². The maximum atomic E-state index is 15.3. The summed E-state index contributed by atoms with van der Waals surface area (Å²) < 4.78 is 15.3. The molecule has 2 aromatic rings. The molecule has 0 aliphatic carbocycles. The molecule has 0 aliphatic heterocycles. The van der Waals surface area contributed by atoms with Crippen LogP contribution >= 0.6 is 11.6 Å². The van der Waals surface area contributed by atoms with Gasteiger partial charge in [-0.15, -0.1) is 0 Å². The summed E-state index contributed by atoms with van der Waals surface area (Å²) in [5, 5.41) is 6.06. The summed E-state index contributed by atoms with van der Waals surface area (Å²) >= 11 is 6.17. The first kappa shape index (κ1) is 23.0. The molecule has 4 N–H and O–H groups in total. The van der Waals surface area contributed by atoms with Crippen molar-refractivity contribution in [1.82, 2.24) is 10.6 Å². The highest BCUT2D eigenvalue weighted by molar-refractivity contribution is 6.35. The first-order chi connectivity index (χ1) is 13.9. The van der Waals surface area contributed by atoms with Gasteiger partial charge in [-0.2, -0.15) is 0 Å². The van der Waals surface area contributed by atoms with Crippen molar-refractivity contribution in [2.75, 3.05) is 13.1 Å². The lowest BCUT2D eigenvalue weighted by atomic mass is 9.95. The zero-order chi connectivity index (χ0) is 21.4. The zero-order valence-corrected chi connectivity index (χ0v) is 17.4. The van der Waals surface area contributed by atoms with Gasteiger partial charge >= 0.3 is 0 Å². The molecular formula is C22H27ClFN3O2. The number of rotatable bonds is 10. The van der Waals surface area contributed by atoms with Gasteiger partial charge in [0.2, 0.25) is 5.91 Å². The van der Waals surface area contributed by atoms with E-state index in [1.165, 1.54) is 0 Å². The molecule has 0 heterocycles. The molecule has 1 amide bonds. The van der Waals surface area contributed by atoms with Gasteiger partial charge < -0.3 is 16.4 Å². The van der Waals surface area contributed by atoms with Crippen LogP contribution in [0.3, 0.4) is 0 Å². The summed E-state index contributed by atoms with van der Waals surface area (Å²) in [5.74, 6) is -1.22. The predicted molar refractivity (Wildman–Crippen MR) is 114 cm³/mol. The molecule has 0 fully saturated rings. The minimum Gasteiger partial charge on any atom is -0.355 e. The summed E-state index contributed by atoms with van der Waals surface area (Å²) in [6.45, 7) is 4.55. The normalized spacial score (nSPS) is 13.0. The molecule has 5 nitrogen and oxygen atoms in total. The average molecular weight is 420 g/mol. The fourth-order valence-corrected chi connectivity index (χ4v) is 3.40. The Kier molecular flexibility index (Phi) is 8.76. The van der Waals surface area contributed by atoms with Crippen LogP contribution in [0.1, 0.15) is 54.2 Å². The zero-order valence-electron chi connectivity index (χ0n) is 16.7. The summed E-state index contributed by atoms with van der Waals surface area (Å²) in [4.78, 5) is 24.7. The molecule has 0 aromatic heterocycles. The molecule has 2 atom stereocenters. The van der Waals surface area contributed by atoms with E-state index in [-0.39, 0.29) is 35.0 Å². The Labute approximate surface area is 175 Å². The number of hydrogen-bond acceptors (Lipinski definition) is 4. The second-order valence-electron chi connectivity index (χ2n) is 6.89. The van der Waals surface area contributed by atoms with E-state index in [0.29, 0.717) is 30.6 Å². The first-order valence-corrected chi connectivity index (χ1v) is 10.1. The van der Waals surface area contributed by atoms with Crippen LogP contribution in [0.2, 0.25) is 5.02 Å². The Hall–Kier alpha value is -2.28. The molecule has 2 aromatic carbocycles. The highest BCUT2D eigenvalue weighted by Gasteiger charge is 2.25. The third-order valence-corrected chi connectivity index (χ3v) is 4.93. The molecule has 0 unspecified atom stereocenters. The molecule has 29 heavy (non-hydrogen) atoms. The van der Waals surface area contributed by atoms with Crippen LogP contribution in [-0.4, -0.2) is 30.8 Å². The van der Waals surface area contributed by atoms with E-state index >= 15 is 4.39 Å². The van der Waals surface area contributed by atoms with Crippen molar-refractivity contribution < 1.29 is 14.0 Å². The fraction of sp³-hybridized carbons (Fsp3) is 0.364. The standard InChI is InChI=1S/C22H27ClFN3O2/c1-3-18(27-14(2)13-19(28)26-12-11-25)16-9-10-17(23)20(21(16)24)22(29)15-7-5-4-6-8-15/h4-10,14,18,27H,3,11-13,25H2,1-2H3,(H,26,28)/t14-,18+/m0/s1. The lowest BCUT2D eigenvalue weighted by molar-refractivity contribution is -0.121. The third-order valence-electron chi connectivity index (χ3n) is 4.61. The summed E-state index contributed by atoms with van der Waals surface area (Å²) in [6, 6.07) is 11.0. The number of carbonyl (C=O) groups is 2. The second kappa shape index (κ2) is 11.0. The molecule has 7 heteroatoms. The van der Waals surface area contributed by atoms with E-state index in [0.717, 1.165) is 0 Å². The van der Waals surface area contributed by atoms with Gasteiger partial charge in [0.1, 0.15) is 5.82 Å². The number of halogens is 2. The lowest BCUT2D eigenvalue weighted by Gasteiger charge is -2.24. The van der Waals surface area contributed by atoms with Gasteiger partial charge in [-0.3, -0.25) is 9.59 Å². The maximum absolute atomic E-state index is 15.3. The molecule has 0 aliphatic rings. The molecule has 0 bridgehead atoms. The third kappa shape index (κ3) is 6.10. The SMILES string of the molecule is CC[C@@H](N[C@@H](C)CC(=O)NCCN)c1ccc(Cl)c(C(=O)c2ccccc2)c1F. The van der Waals surface area contributed by atoms with Gasteiger partial charge in [0.05, 0.1) is 10.6 Å². The molecule has 0 radical (unpaired) electrons. The minimum absolute atomic E-state index is 0.0733. The van der Waals surface area contributed by atoms with Crippen LogP contribution in [0.15, 0.2) is 42.5 Å². The molecule has 0 spiro atoms. The van der Waals surface area contributed by atoms with Gasteiger partial charge in [-0.05, 0) is 19.4 Å². The average Bonchev–Trinajstić information content (AvgIpc) is 2.71. The Morgan fingerprint density at radius 1 is 1.17 bits per heavy atom. The molecular weight excluding hydrogens is 393 g/mol. The van der Waals surface area contributed by atoms with Gasteiger partial charge in [0, 0.05) is 42.7 Å². The van der Waals surface area contributed by atoms with E-state index in [4.69, 9.17) is 17.3 Å². The van der Waals surface area contributed by atoms with Crippen molar-refractivity contribution >= 4 is 23.3 Å². The number of amides is 1. The van der Waals surface area contributed by atoms with Crippen LogP contribution in [-0.2, 0) is 4.79 Å². The number of hydrogen-bond donors (Lipinski definition) is 3. The number of benzene rings is 2. The lowest BCUT2D eigenvalue weighted by Crippen LogP contribution is -2.37. The molecule has 2 rings (SSSR count). The van der Waals surface area contributed by atoms with Crippen molar-refractivity contribution in [1.29, 1.82) is 0 Å². The fourth-order valence-electron chi connectivity index (χ4n) is 3.17. The van der Waals surface area contributed by atoms with Gasteiger partial charge in [0.15, 0.2) is 5.78 Å². The Morgan fingerprint density at radius 2 is 1.86 bits per heavy atom. The van der Waals surface area contributed by atoms with Crippen molar-refractivity contribution in [2.45, 2.75) is 38.8 Å². The number of nitrogens with one attached hydrogen (secondary N) is 2. The monoisotopic (exact) mass is 419 g/mol. The van der Waals surface area contributed by atoms with Crippen LogP contribution in [0.25, 0.3) is 0 Å². The van der Waals surface area contributed by atoms with Gasteiger partial charge in [-0.1, -0.05) is 54.9 Å². The highest BCUT2D eigenvalue weighted by atomic mass is 35.5. The van der Waals surface area contributed by atoms with E-state index in [2.05, 4.69) is 10.6 Å². The van der Waals surface area contributed by atoms with Crippen LogP contribution in [0.4, 0.5) is 4.39 Å². The number of ketones is 1. The number of carbonyl (C=O) groups excluding carboxylic acids is 2. The summed E-state index contributed by atoms with van der Waals surface area (Å²) in [5.41, 5.74) is 5.97. The first-order valence-electron chi connectivity index (χ1n) is 9.69. The Bertz CT molecular complexity index is 845. The highest BCUT2D eigenvalue weighted by Crippen LogP contribution is 2.30. The predicted octanol–water partition coefficient (Wildman–Crippen LogP) is 3.60. The Balaban J connectivity index is 2.24. The molecule has 156 valence electrons. The quantitative estimate of drug-likeness (QED) is 0.514. The molecule has 0 saturated carbocycles. The van der Waals surface area contributed by atoms with E-state index in [1.807, 2.05) is 13.8 Å². The van der Waals surface area contributed by atoms with Crippen LogP contribution < -0.4 is 16.4 Å². The van der Waals surface area contributed by atoms with E-state index < -0.39 is 11.6 Å². The second-order valence-corrected chi connectivity index (χ2v) is 7.30. The van der Waals surface area contributed by atoms with Crippen LogP contribution in [0.5, 0.6) is 0 Å². The van der Waals surface area contributed by atoms with Crippen molar-refractivity contribution in [2.24, 2.45) is 5.73 Å². The van der Waals surface area contributed by atoms with Gasteiger partial charge in [-0.25, -0.2) is 4.39 Å². The topological polar surface area (TPSA) is 84.2 Å². The largest absolute Gasteiger partial charge is 0.355 e. The van der Waals surface area contributed by atoms with E-state index in [1.54, 1.807) is 42.5 Å². The maximum Gasteiger partial charge on any atom is 0.221 e. The Morgan fingerprint density at radius 3 is 2.48 bits per heavy atom. The van der Waals surface area contributed by atoms with Crippen molar-refractivity contribution in [3.05, 3.63) is 70.0 Å². The van der Waals surface area contributed by atoms with Gasteiger partial charge in [0.25, 0.3) is 0 Å². The van der Waals surface area contributed by atoms with Crippen molar-refractivity contribution in [3.8, 4) is 0 Å². The van der Waals surface area contributed by atoms with Crippen LogP contribution in [0, 0.1) is 5.82 Å². The molecule has 0 saturated heterocycles. The summed E-state index contributed by atoms with van der Waals surface area (Å²) in [6.07, 6.45) is 0.813. The number of nitrogens with two attached hydrogens (primary N) is 1. The summed E-state index contributed by atoms with van der Waals surface area (Å²) in [7, 11) is 0.